The highest BCUT2D eigenvalue weighted by molar-refractivity contribution is 5.76. The zero-order chi connectivity index (χ0) is 37.4. The van der Waals surface area contributed by atoms with Crippen molar-refractivity contribution in [2.24, 2.45) is 0 Å². The lowest BCUT2D eigenvalue weighted by molar-refractivity contribution is -0.302. The van der Waals surface area contributed by atoms with E-state index < -0.39 is 49.5 Å². The molecule has 1 aliphatic heterocycles. The van der Waals surface area contributed by atoms with E-state index in [1.807, 2.05) is 6.08 Å². The van der Waals surface area contributed by atoms with E-state index in [9.17, 15) is 30.3 Å². The number of hydrogen-bond acceptors (Lipinski definition) is 8. The maximum atomic E-state index is 12.9. The summed E-state index contributed by atoms with van der Waals surface area (Å²) in [7, 11) is 0. The Labute approximate surface area is 309 Å². The van der Waals surface area contributed by atoms with Crippen molar-refractivity contribution in [1.82, 2.24) is 5.32 Å². The van der Waals surface area contributed by atoms with Crippen LogP contribution in [0.2, 0.25) is 0 Å². The van der Waals surface area contributed by atoms with Crippen molar-refractivity contribution < 1.29 is 39.8 Å². The lowest BCUT2D eigenvalue weighted by atomic mass is 9.99. The van der Waals surface area contributed by atoms with Crippen LogP contribution in [0.4, 0.5) is 0 Å². The van der Waals surface area contributed by atoms with E-state index in [1.54, 1.807) is 6.08 Å². The molecule has 0 aliphatic carbocycles. The predicted molar refractivity (Wildman–Crippen MR) is 207 cm³/mol. The first-order chi connectivity index (χ1) is 24.8. The fourth-order valence-electron chi connectivity index (χ4n) is 5.85. The summed E-state index contributed by atoms with van der Waals surface area (Å²) in [5, 5.41) is 53.9. The molecule has 1 saturated heterocycles. The monoisotopic (exact) mass is 720 g/mol. The SMILES string of the molecule is CC/C=C\C/C=C\C/C=C\C/C=C\CCCCCCC(=O)NC(COC1OC(CO)C(O)C(O)C1O)C(O)/C=C/CCCCCCCCCCC. The maximum absolute atomic E-state index is 12.9. The van der Waals surface area contributed by atoms with Gasteiger partial charge in [-0.1, -0.05) is 139 Å². The summed E-state index contributed by atoms with van der Waals surface area (Å²) in [5.41, 5.74) is 0. The molecule has 1 rings (SSSR count). The number of carbonyl (C=O) groups is 1. The first kappa shape index (κ1) is 46.9. The van der Waals surface area contributed by atoms with E-state index in [0.29, 0.717) is 6.42 Å². The quantitative estimate of drug-likeness (QED) is 0.0324. The van der Waals surface area contributed by atoms with Crippen LogP contribution in [0.25, 0.3) is 0 Å². The number of aliphatic hydroxyl groups is 5. The molecule has 0 aromatic carbocycles. The van der Waals surface area contributed by atoms with Gasteiger partial charge in [0.25, 0.3) is 0 Å². The molecule has 9 heteroatoms. The third kappa shape index (κ3) is 24.0. The summed E-state index contributed by atoms with van der Waals surface area (Å²) in [6, 6.07) is -0.817. The summed E-state index contributed by atoms with van der Waals surface area (Å²) < 4.78 is 11.1. The van der Waals surface area contributed by atoms with Gasteiger partial charge < -0.3 is 40.3 Å². The number of carbonyl (C=O) groups excluding carboxylic acids is 1. The van der Waals surface area contributed by atoms with Gasteiger partial charge in [-0.2, -0.15) is 0 Å². The Morgan fingerprint density at radius 2 is 1.22 bits per heavy atom. The van der Waals surface area contributed by atoms with Crippen LogP contribution in [-0.4, -0.2) is 87.5 Å². The molecule has 9 nitrogen and oxygen atoms in total. The molecule has 7 unspecified atom stereocenters. The van der Waals surface area contributed by atoms with E-state index in [2.05, 4.69) is 67.8 Å². The molecule has 6 N–H and O–H groups in total. The number of ether oxygens (including phenoxy) is 2. The predicted octanol–water partition coefficient (Wildman–Crippen LogP) is 7.27. The van der Waals surface area contributed by atoms with Crippen LogP contribution in [0.1, 0.15) is 142 Å². The van der Waals surface area contributed by atoms with Crippen LogP contribution in [0.5, 0.6) is 0 Å². The van der Waals surface area contributed by atoms with Crippen LogP contribution >= 0.6 is 0 Å². The minimum Gasteiger partial charge on any atom is -0.394 e. The number of unbranched alkanes of at least 4 members (excludes halogenated alkanes) is 13. The molecule has 1 heterocycles. The molecule has 0 radical (unpaired) electrons. The molecule has 7 atom stereocenters. The average molecular weight is 720 g/mol. The minimum absolute atomic E-state index is 0.202. The van der Waals surface area contributed by atoms with Crippen molar-refractivity contribution in [3.63, 3.8) is 0 Å². The first-order valence-electron chi connectivity index (χ1n) is 20.0. The fraction of sp³-hybridized carbons (Fsp3) is 0.738. The van der Waals surface area contributed by atoms with Gasteiger partial charge in [-0.25, -0.2) is 0 Å². The highest BCUT2D eigenvalue weighted by atomic mass is 16.7. The van der Waals surface area contributed by atoms with E-state index in [-0.39, 0.29) is 12.5 Å². The van der Waals surface area contributed by atoms with Gasteiger partial charge in [0.1, 0.15) is 24.4 Å². The highest BCUT2D eigenvalue weighted by Crippen LogP contribution is 2.22. The topological polar surface area (TPSA) is 149 Å². The molecule has 1 amide bonds. The highest BCUT2D eigenvalue weighted by Gasteiger charge is 2.44. The van der Waals surface area contributed by atoms with Crippen molar-refractivity contribution in [2.45, 2.75) is 185 Å². The number of nitrogens with one attached hydrogen (secondary N) is 1. The minimum atomic E-state index is -1.57. The van der Waals surface area contributed by atoms with Gasteiger partial charge in [-0.05, 0) is 57.8 Å². The normalized spacial score (nSPS) is 22.7. The van der Waals surface area contributed by atoms with E-state index in [1.165, 1.54) is 44.9 Å². The van der Waals surface area contributed by atoms with Crippen molar-refractivity contribution in [3.05, 3.63) is 60.8 Å². The van der Waals surface area contributed by atoms with Gasteiger partial charge in [0.2, 0.25) is 5.91 Å². The van der Waals surface area contributed by atoms with E-state index in [4.69, 9.17) is 9.47 Å². The van der Waals surface area contributed by atoms with Crippen LogP contribution in [0.15, 0.2) is 60.8 Å². The van der Waals surface area contributed by atoms with Gasteiger partial charge in [0.05, 0.1) is 25.4 Å². The molecule has 51 heavy (non-hydrogen) atoms. The second kappa shape index (κ2) is 32.5. The molecule has 0 spiro atoms. The third-order valence-electron chi connectivity index (χ3n) is 9.10. The lowest BCUT2D eigenvalue weighted by Crippen LogP contribution is -2.60. The molecule has 0 aromatic rings. The van der Waals surface area contributed by atoms with Gasteiger partial charge in [0, 0.05) is 6.42 Å². The van der Waals surface area contributed by atoms with Gasteiger partial charge in [-0.15, -0.1) is 0 Å². The van der Waals surface area contributed by atoms with Crippen molar-refractivity contribution >= 4 is 5.91 Å². The number of aliphatic hydroxyl groups excluding tert-OH is 5. The summed E-state index contributed by atoms with van der Waals surface area (Å²) in [5.74, 6) is -0.206. The number of hydrogen-bond donors (Lipinski definition) is 6. The fourth-order valence-corrected chi connectivity index (χ4v) is 5.85. The van der Waals surface area contributed by atoms with Crippen molar-refractivity contribution in [3.8, 4) is 0 Å². The Morgan fingerprint density at radius 1 is 0.686 bits per heavy atom. The Kier molecular flexibility index (Phi) is 29.9. The Balaban J connectivity index is 2.45. The van der Waals surface area contributed by atoms with Crippen molar-refractivity contribution in [2.75, 3.05) is 13.2 Å². The Bertz CT molecular complexity index is 978. The summed E-state index contributed by atoms with van der Waals surface area (Å²) in [6.07, 6.45) is 34.0. The lowest BCUT2D eigenvalue weighted by Gasteiger charge is -2.40. The average Bonchev–Trinajstić information content (AvgIpc) is 3.13. The molecule has 294 valence electrons. The molecular weight excluding hydrogens is 646 g/mol. The summed E-state index contributed by atoms with van der Waals surface area (Å²) >= 11 is 0. The van der Waals surface area contributed by atoms with Crippen LogP contribution in [-0.2, 0) is 14.3 Å². The van der Waals surface area contributed by atoms with E-state index >= 15 is 0 Å². The van der Waals surface area contributed by atoms with Crippen LogP contribution in [0.3, 0.4) is 0 Å². The zero-order valence-corrected chi connectivity index (χ0v) is 31.8. The summed E-state index contributed by atoms with van der Waals surface area (Å²) in [6.45, 7) is 3.59. The molecule has 1 fully saturated rings. The van der Waals surface area contributed by atoms with Gasteiger partial charge >= 0.3 is 0 Å². The Morgan fingerprint density at radius 3 is 1.80 bits per heavy atom. The van der Waals surface area contributed by atoms with Gasteiger partial charge in [0.15, 0.2) is 6.29 Å². The van der Waals surface area contributed by atoms with E-state index in [0.717, 1.165) is 77.0 Å². The van der Waals surface area contributed by atoms with Gasteiger partial charge in [-0.3, -0.25) is 4.79 Å². The maximum Gasteiger partial charge on any atom is 0.220 e. The van der Waals surface area contributed by atoms with Crippen LogP contribution in [0, 0.1) is 0 Å². The summed E-state index contributed by atoms with van der Waals surface area (Å²) in [4.78, 5) is 12.9. The molecule has 0 bridgehead atoms. The first-order valence-corrected chi connectivity index (χ1v) is 20.0. The Hall–Kier alpha value is -2.11. The van der Waals surface area contributed by atoms with Crippen LogP contribution < -0.4 is 5.32 Å². The second-order valence-electron chi connectivity index (χ2n) is 13.7. The molecule has 0 aromatic heterocycles. The smallest absolute Gasteiger partial charge is 0.220 e. The second-order valence-corrected chi connectivity index (χ2v) is 13.7. The number of amides is 1. The largest absolute Gasteiger partial charge is 0.394 e. The molecular formula is C42H73NO8. The van der Waals surface area contributed by atoms with Crippen molar-refractivity contribution in [1.29, 1.82) is 0 Å². The number of rotatable bonds is 31. The third-order valence-corrected chi connectivity index (χ3v) is 9.10. The zero-order valence-electron chi connectivity index (χ0n) is 31.8. The molecule has 1 aliphatic rings. The number of allylic oxidation sites excluding steroid dienone is 9. The standard InChI is InChI=1S/C42H73NO8/c1-3-5-7-9-11-13-15-16-17-18-19-20-22-24-26-28-30-32-38(46)43-35(34-50-42-41(49)40(48)39(47)37(33-44)51-42)36(45)31-29-27-25-23-21-14-12-10-8-6-4-2/h5,7,11,13,16-17,19-20,29,31,35-37,39-42,44-45,47-49H,3-4,6,8-10,12,14-15,18,21-28,30,32-34H2,1-2H3,(H,43,46)/b7-5-,13-11-,17-16-,20-19-,31-29+. The molecule has 0 saturated carbocycles.